The Morgan fingerprint density at radius 2 is 1.89 bits per heavy atom. The molecule has 4 heteroatoms. The molecule has 3 nitrogen and oxygen atoms in total. The van der Waals surface area contributed by atoms with Crippen LogP contribution in [0.5, 0.6) is 0 Å². The Hall–Kier alpha value is -1.81. The maximum atomic E-state index is 10.8. The molecule has 0 amide bonds. The molecule has 0 aliphatic heterocycles. The predicted molar refractivity (Wildman–Crippen MR) is 79.6 cm³/mol. The van der Waals surface area contributed by atoms with E-state index in [1.54, 1.807) is 12.1 Å². The molecule has 0 saturated heterocycles. The van der Waals surface area contributed by atoms with E-state index in [9.17, 15) is 4.79 Å². The van der Waals surface area contributed by atoms with Crippen molar-refractivity contribution in [1.29, 1.82) is 0 Å². The lowest BCUT2D eigenvalue weighted by molar-refractivity contribution is 0.0697. The lowest BCUT2D eigenvalue weighted by Gasteiger charge is -2.11. The molecule has 2 rings (SSSR count). The van der Waals surface area contributed by atoms with Gasteiger partial charge in [-0.15, -0.1) is 0 Å². The normalized spacial score (nSPS) is 10.2. The van der Waals surface area contributed by atoms with Gasteiger partial charge >= 0.3 is 5.97 Å². The van der Waals surface area contributed by atoms with Crippen molar-refractivity contribution >= 4 is 27.6 Å². The summed E-state index contributed by atoms with van der Waals surface area (Å²) in [6, 6.07) is 12.9. The van der Waals surface area contributed by atoms with Crippen molar-refractivity contribution < 1.29 is 9.90 Å². The van der Waals surface area contributed by atoms with E-state index in [0.717, 1.165) is 21.3 Å². The van der Waals surface area contributed by atoms with Gasteiger partial charge in [0, 0.05) is 16.7 Å². The third kappa shape index (κ3) is 3.35. The van der Waals surface area contributed by atoms with Gasteiger partial charge < -0.3 is 10.4 Å². The highest BCUT2D eigenvalue weighted by Gasteiger charge is 2.03. The van der Waals surface area contributed by atoms with Crippen molar-refractivity contribution in [2.75, 3.05) is 5.32 Å². The number of aromatic carboxylic acids is 1. The number of carboxylic acid groups (broad SMARTS) is 1. The highest BCUT2D eigenvalue weighted by Crippen LogP contribution is 2.23. The summed E-state index contributed by atoms with van der Waals surface area (Å²) in [6.45, 7) is 2.71. The first kappa shape index (κ1) is 13.6. The lowest BCUT2D eigenvalue weighted by atomic mass is 10.1. The summed E-state index contributed by atoms with van der Waals surface area (Å²) in [5.41, 5.74) is 3.58. The molecule has 0 saturated carbocycles. The van der Waals surface area contributed by atoms with Crippen molar-refractivity contribution in [1.82, 2.24) is 0 Å². The van der Waals surface area contributed by atoms with E-state index >= 15 is 0 Å². The molecule has 0 radical (unpaired) electrons. The number of benzene rings is 2. The predicted octanol–water partition coefficient (Wildman–Crippen LogP) is 4.07. The summed E-state index contributed by atoms with van der Waals surface area (Å²) < 4.78 is 1.07. The van der Waals surface area contributed by atoms with E-state index in [1.165, 1.54) is 0 Å². The molecule has 0 heterocycles. The van der Waals surface area contributed by atoms with E-state index in [0.29, 0.717) is 12.1 Å². The average molecular weight is 320 g/mol. The zero-order chi connectivity index (χ0) is 13.8. The van der Waals surface area contributed by atoms with E-state index < -0.39 is 5.97 Å². The fourth-order valence-corrected chi connectivity index (χ4v) is 2.13. The van der Waals surface area contributed by atoms with Crippen LogP contribution in [-0.4, -0.2) is 11.1 Å². The van der Waals surface area contributed by atoms with Crippen LogP contribution in [0.2, 0.25) is 0 Å². The largest absolute Gasteiger partial charge is 0.478 e. The summed E-state index contributed by atoms with van der Waals surface area (Å²) in [5.74, 6) is -0.901. The maximum Gasteiger partial charge on any atom is 0.335 e. The number of rotatable bonds is 4. The van der Waals surface area contributed by atoms with Crippen LogP contribution in [0.3, 0.4) is 0 Å². The maximum absolute atomic E-state index is 10.8. The minimum absolute atomic E-state index is 0.308. The minimum Gasteiger partial charge on any atom is -0.478 e. The number of carboxylic acids is 1. The summed E-state index contributed by atoms with van der Waals surface area (Å²) in [6.07, 6.45) is 0. The molecule has 2 aromatic carbocycles. The second kappa shape index (κ2) is 5.89. The molecule has 0 spiro atoms. The molecule has 0 bridgehead atoms. The van der Waals surface area contributed by atoms with Gasteiger partial charge in [0.25, 0.3) is 0 Å². The summed E-state index contributed by atoms with van der Waals surface area (Å²) in [7, 11) is 0. The zero-order valence-corrected chi connectivity index (χ0v) is 12.1. The Kier molecular flexibility index (Phi) is 4.22. The number of hydrogen-bond acceptors (Lipinski definition) is 2. The Morgan fingerprint density at radius 1 is 1.21 bits per heavy atom. The molecule has 0 unspecified atom stereocenters. The Morgan fingerprint density at radius 3 is 2.53 bits per heavy atom. The molecule has 98 valence electrons. The molecular weight excluding hydrogens is 306 g/mol. The van der Waals surface area contributed by atoms with Gasteiger partial charge in [0.15, 0.2) is 0 Å². The summed E-state index contributed by atoms with van der Waals surface area (Å²) >= 11 is 3.49. The van der Waals surface area contributed by atoms with Gasteiger partial charge in [-0.3, -0.25) is 0 Å². The quantitative estimate of drug-likeness (QED) is 0.893. The van der Waals surface area contributed by atoms with Crippen LogP contribution in [0.4, 0.5) is 5.69 Å². The number of nitrogens with one attached hydrogen (secondary N) is 1. The van der Waals surface area contributed by atoms with Crippen LogP contribution < -0.4 is 5.32 Å². The molecule has 19 heavy (non-hydrogen) atoms. The van der Waals surface area contributed by atoms with Gasteiger partial charge in [-0.1, -0.05) is 34.1 Å². The summed E-state index contributed by atoms with van der Waals surface area (Å²) in [4.78, 5) is 10.8. The van der Waals surface area contributed by atoms with Crippen molar-refractivity contribution in [2.24, 2.45) is 0 Å². The lowest BCUT2D eigenvalue weighted by Crippen LogP contribution is -2.02. The Labute approximate surface area is 120 Å². The smallest absolute Gasteiger partial charge is 0.335 e. The van der Waals surface area contributed by atoms with Crippen molar-refractivity contribution in [2.45, 2.75) is 13.5 Å². The third-order valence-electron chi connectivity index (χ3n) is 2.95. The highest BCUT2D eigenvalue weighted by molar-refractivity contribution is 9.10. The van der Waals surface area contributed by atoms with E-state index in [4.69, 9.17) is 5.11 Å². The molecule has 0 fully saturated rings. The molecule has 2 aromatic rings. The van der Waals surface area contributed by atoms with Crippen LogP contribution in [0.15, 0.2) is 46.9 Å². The SMILES string of the molecule is Cc1c(Br)cccc1NCc1ccc(C(=O)O)cc1. The number of carbonyl (C=O) groups is 1. The molecule has 0 aliphatic carbocycles. The molecule has 0 aromatic heterocycles. The van der Waals surface area contributed by atoms with Crippen LogP contribution in [0, 0.1) is 6.92 Å². The van der Waals surface area contributed by atoms with Gasteiger partial charge in [0.1, 0.15) is 0 Å². The van der Waals surface area contributed by atoms with Crippen LogP contribution in [-0.2, 0) is 6.54 Å². The van der Waals surface area contributed by atoms with Gasteiger partial charge in [-0.25, -0.2) is 4.79 Å². The Bertz CT molecular complexity index is 594. The van der Waals surface area contributed by atoms with Gasteiger partial charge in [-0.05, 0) is 42.3 Å². The Balaban J connectivity index is 2.06. The molecular formula is C15H14BrNO2. The van der Waals surface area contributed by atoms with Gasteiger partial charge in [0.2, 0.25) is 0 Å². The van der Waals surface area contributed by atoms with E-state index in [-0.39, 0.29) is 0 Å². The van der Waals surface area contributed by atoms with Crippen LogP contribution in [0.1, 0.15) is 21.5 Å². The van der Waals surface area contributed by atoms with Crippen molar-refractivity contribution in [3.63, 3.8) is 0 Å². The molecule has 0 atom stereocenters. The topological polar surface area (TPSA) is 49.3 Å². The minimum atomic E-state index is -0.901. The first-order chi connectivity index (χ1) is 9.08. The van der Waals surface area contributed by atoms with E-state index in [2.05, 4.69) is 21.2 Å². The van der Waals surface area contributed by atoms with Crippen LogP contribution >= 0.6 is 15.9 Å². The monoisotopic (exact) mass is 319 g/mol. The number of hydrogen-bond donors (Lipinski definition) is 2. The molecule has 2 N–H and O–H groups in total. The standard InChI is InChI=1S/C15H14BrNO2/c1-10-13(16)3-2-4-14(10)17-9-11-5-7-12(8-6-11)15(18)19/h2-8,17H,9H2,1H3,(H,18,19). The van der Waals surface area contributed by atoms with Crippen LogP contribution in [0.25, 0.3) is 0 Å². The molecule has 0 aliphatic rings. The van der Waals surface area contributed by atoms with Gasteiger partial charge in [0.05, 0.1) is 5.56 Å². The van der Waals surface area contributed by atoms with Gasteiger partial charge in [-0.2, -0.15) is 0 Å². The first-order valence-electron chi connectivity index (χ1n) is 5.89. The van der Waals surface area contributed by atoms with Crippen molar-refractivity contribution in [3.8, 4) is 0 Å². The third-order valence-corrected chi connectivity index (χ3v) is 3.81. The number of anilines is 1. The second-order valence-electron chi connectivity index (χ2n) is 4.27. The fourth-order valence-electron chi connectivity index (χ4n) is 1.76. The average Bonchev–Trinajstić information content (AvgIpc) is 2.41. The highest BCUT2D eigenvalue weighted by atomic mass is 79.9. The van der Waals surface area contributed by atoms with E-state index in [1.807, 2.05) is 37.3 Å². The second-order valence-corrected chi connectivity index (χ2v) is 5.12. The van der Waals surface area contributed by atoms with Crippen molar-refractivity contribution in [3.05, 3.63) is 63.6 Å². The number of halogens is 1. The zero-order valence-electron chi connectivity index (χ0n) is 10.5. The summed E-state index contributed by atoms with van der Waals surface area (Å²) in [5, 5.41) is 12.2. The fraction of sp³-hybridized carbons (Fsp3) is 0.133. The first-order valence-corrected chi connectivity index (χ1v) is 6.68.